The predicted octanol–water partition coefficient (Wildman–Crippen LogP) is 2.96. The molecule has 0 radical (unpaired) electrons. The van der Waals surface area contributed by atoms with Crippen molar-refractivity contribution in [1.29, 1.82) is 0 Å². The van der Waals surface area contributed by atoms with E-state index in [0.717, 1.165) is 13.0 Å². The molecule has 1 N–H and O–H groups in total. The molecule has 0 aliphatic carbocycles. The van der Waals surface area contributed by atoms with Crippen LogP contribution in [-0.2, 0) is 10.1 Å². The summed E-state index contributed by atoms with van der Waals surface area (Å²) in [5.74, 6) is -0.171. The van der Waals surface area contributed by atoms with Gasteiger partial charge in [0.15, 0.2) is 0 Å². The Labute approximate surface area is 213 Å². The van der Waals surface area contributed by atoms with Crippen LogP contribution in [0.2, 0.25) is 0 Å². The predicted molar refractivity (Wildman–Crippen MR) is 114 cm³/mol. The summed E-state index contributed by atoms with van der Waals surface area (Å²) < 4.78 is 30.1. The zero-order valence-corrected chi connectivity index (χ0v) is 22.2. The Kier molecular flexibility index (Phi) is 24.7. The van der Waals surface area contributed by atoms with E-state index < -0.39 is 10.1 Å². The Morgan fingerprint density at radius 1 is 0.778 bits per heavy atom. The van der Waals surface area contributed by atoms with Crippen LogP contribution in [0.5, 0.6) is 0 Å². The topological polar surface area (TPSA) is 57.6 Å². The van der Waals surface area contributed by atoms with Gasteiger partial charge < -0.3 is 6.33 Å². The quantitative estimate of drug-likeness (QED) is 0.148. The van der Waals surface area contributed by atoms with Crippen LogP contribution in [0.1, 0.15) is 98.2 Å². The maximum atomic E-state index is 10.7. The van der Waals surface area contributed by atoms with Crippen LogP contribution in [0.4, 0.5) is 0 Å². The van der Waals surface area contributed by atoms with E-state index in [-0.39, 0.29) is 58.6 Å². The summed E-state index contributed by atoms with van der Waals surface area (Å²) in [6, 6.07) is 0. The van der Waals surface area contributed by atoms with Crippen molar-refractivity contribution in [2.45, 2.75) is 96.8 Å². The summed E-state index contributed by atoms with van der Waals surface area (Å²) in [4.78, 5) is 1.97. The molecule has 0 spiro atoms. The van der Waals surface area contributed by atoms with Crippen molar-refractivity contribution < 1.29 is 65.8 Å². The number of nitrogens with zero attached hydrogens (tertiary/aromatic N) is 1. The molecule has 0 heterocycles. The molecule has 0 aromatic carbocycles. The summed E-state index contributed by atoms with van der Waals surface area (Å²) in [7, 11) is -1.92. The summed E-state index contributed by atoms with van der Waals surface area (Å²) >= 11 is 0. The minimum absolute atomic E-state index is 0. The van der Waals surface area contributed by atoms with Gasteiger partial charge in [0.05, 0.1) is 5.75 Å². The molecule has 0 amide bonds. The Hall–Kier alpha value is 1.25. The zero-order valence-electron chi connectivity index (χ0n) is 19.3. The number of allylic oxidation sites excluding steroid dienone is 2. The Bertz CT molecular complexity index is 433. The van der Waals surface area contributed by atoms with E-state index >= 15 is 0 Å². The van der Waals surface area contributed by atoms with Gasteiger partial charge in [-0.25, -0.2) is 0 Å². The second-order valence-electron chi connectivity index (χ2n) is 7.53. The number of rotatable bonds is 19. The first-order valence-electron chi connectivity index (χ1n) is 10.7. The van der Waals surface area contributed by atoms with E-state index in [1.54, 1.807) is 0 Å². The standard InChI is InChI=1S/C21H43NO3S.K.H/c1-3-4-5-6-7-8-9-10-11-12-13-14-15-16-17-18-19-22(2)20-21-26(23,24)25;;/h10-11H,3-9,12-21H2,1-2H3,(H,23,24,25);;/q;+1;-1/b11-10-;;. The molecule has 0 unspecified atom stereocenters. The second kappa shape index (κ2) is 21.9. The third kappa shape index (κ3) is 27.2. The van der Waals surface area contributed by atoms with Crippen molar-refractivity contribution in [3.8, 4) is 0 Å². The second-order valence-corrected chi connectivity index (χ2v) is 9.10. The molecule has 0 saturated carbocycles. The Morgan fingerprint density at radius 3 is 1.70 bits per heavy atom. The van der Waals surface area contributed by atoms with Crippen LogP contribution in [0, 0.1) is 0 Å². The van der Waals surface area contributed by atoms with E-state index in [4.69, 9.17) is 4.55 Å². The molecule has 4 nitrogen and oxygen atoms in total. The molecule has 0 fully saturated rings. The minimum atomic E-state index is -3.83. The van der Waals surface area contributed by atoms with Gasteiger partial charge in [-0.3, -0.25) is 4.55 Å². The van der Waals surface area contributed by atoms with Gasteiger partial charge in [0.1, 0.15) is 0 Å². The van der Waals surface area contributed by atoms with E-state index in [9.17, 15) is 8.42 Å². The molecule has 0 aromatic heterocycles. The monoisotopic (exact) mass is 429 g/mol. The number of hydrogen-bond donors (Lipinski definition) is 1. The van der Waals surface area contributed by atoms with Gasteiger partial charge in [-0.2, -0.15) is 8.42 Å². The van der Waals surface area contributed by atoms with Crippen LogP contribution in [0.25, 0.3) is 0 Å². The zero-order chi connectivity index (χ0) is 19.5. The van der Waals surface area contributed by atoms with Crippen LogP contribution < -0.4 is 51.4 Å². The summed E-state index contributed by atoms with van der Waals surface area (Å²) in [6.07, 6.45) is 22.9. The van der Waals surface area contributed by atoms with E-state index in [1.807, 2.05) is 11.9 Å². The number of hydrogen-bond acceptors (Lipinski definition) is 3. The van der Waals surface area contributed by atoms with Crippen molar-refractivity contribution in [1.82, 2.24) is 4.90 Å². The first kappa shape index (κ1) is 30.4. The molecule has 6 heteroatoms. The molecule has 158 valence electrons. The van der Waals surface area contributed by atoms with Crippen LogP contribution in [0.3, 0.4) is 0 Å². The maximum absolute atomic E-state index is 10.7. The van der Waals surface area contributed by atoms with Crippen molar-refractivity contribution >= 4 is 10.1 Å². The van der Waals surface area contributed by atoms with Gasteiger partial charge in [0.25, 0.3) is 10.1 Å². The molecule has 0 bridgehead atoms. The smallest absolute Gasteiger partial charge is 1.00 e. The first-order chi connectivity index (χ1) is 12.5. The van der Waals surface area contributed by atoms with Crippen molar-refractivity contribution in [2.24, 2.45) is 0 Å². The third-order valence-corrected chi connectivity index (χ3v) is 5.48. The fraction of sp³-hybridized carbons (Fsp3) is 0.905. The Morgan fingerprint density at radius 2 is 1.22 bits per heavy atom. The van der Waals surface area contributed by atoms with E-state index in [0.29, 0.717) is 6.54 Å². The molecule has 0 aliphatic rings. The van der Waals surface area contributed by atoms with E-state index in [2.05, 4.69) is 19.1 Å². The molecular formula is C21H44KNO3S. The van der Waals surface area contributed by atoms with Gasteiger partial charge in [0, 0.05) is 6.54 Å². The van der Waals surface area contributed by atoms with Crippen LogP contribution >= 0.6 is 0 Å². The largest absolute Gasteiger partial charge is 1.00 e. The fourth-order valence-corrected chi connectivity index (χ4v) is 3.55. The van der Waals surface area contributed by atoms with Crippen LogP contribution in [-0.4, -0.2) is 43.8 Å². The minimum Gasteiger partial charge on any atom is -1.00 e. The van der Waals surface area contributed by atoms with Gasteiger partial charge in [-0.15, -0.1) is 0 Å². The third-order valence-electron chi connectivity index (χ3n) is 4.78. The van der Waals surface area contributed by atoms with Gasteiger partial charge in [-0.1, -0.05) is 76.9 Å². The Balaban J connectivity index is -0.00000312. The van der Waals surface area contributed by atoms with Crippen LogP contribution in [0.15, 0.2) is 12.2 Å². The number of unbranched alkanes of at least 4 members (excludes halogenated alkanes) is 12. The fourth-order valence-electron chi connectivity index (χ4n) is 3.01. The van der Waals surface area contributed by atoms with Crippen molar-refractivity contribution in [2.75, 3.05) is 25.9 Å². The summed E-state index contributed by atoms with van der Waals surface area (Å²) in [6.45, 7) is 3.57. The van der Waals surface area contributed by atoms with Gasteiger partial charge in [0.2, 0.25) is 0 Å². The van der Waals surface area contributed by atoms with Gasteiger partial charge >= 0.3 is 51.4 Å². The molecular weight excluding hydrogens is 385 g/mol. The average molecular weight is 430 g/mol. The molecule has 27 heavy (non-hydrogen) atoms. The molecule has 0 aromatic rings. The molecule has 0 atom stereocenters. The normalized spacial score (nSPS) is 12.0. The maximum Gasteiger partial charge on any atom is 1.00 e. The van der Waals surface area contributed by atoms with E-state index in [1.165, 1.54) is 83.5 Å². The summed E-state index contributed by atoms with van der Waals surface area (Å²) in [5, 5.41) is 0. The summed E-state index contributed by atoms with van der Waals surface area (Å²) in [5.41, 5.74) is 0. The van der Waals surface area contributed by atoms with Crippen molar-refractivity contribution in [3.63, 3.8) is 0 Å². The van der Waals surface area contributed by atoms with Gasteiger partial charge in [-0.05, 0) is 45.7 Å². The van der Waals surface area contributed by atoms with Crippen molar-refractivity contribution in [3.05, 3.63) is 12.2 Å². The first-order valence-corrected chi connectivity index (χ1v) is 12.4. The molecule has 0 aliphatic heterocycles. The average Bonchev–Trinajstić information content (AvgIpc) is 2.59. The molecule has 0 saturated heterocycles. The SMILES string of the molecule is CCCCCCCC/C=C\CCCCCCCCN(C)CCS(=O)(=O)O.[H-].[K+]. The molecule has 0 rings (SSSR count).